The topological polar surface area (TPSA) is 98.3 Å². The van der Waals surface area contributed by atoms with Crippen molar-refractivity contribution < 1.29 is 27.4 Å². The molecule has 3 atom stereocenters. The molecule has 2 aromatic carbocycles. The van der Waals surface area contributed by atoms with Crippen molar-refractivity contribution in [2.24, 2.45) is 0 Å². The first-order chi connectivity index (χ1) is 19.3. The number of ether oxygens (including phenoxy) is 3. The summed E-state index contributed by atoms with van der Waals surface area (Å²) in [6.07, 6.45) is 2.50. The van der Waals surface area contributed by atoms with Gasteiger partial charge < -0.3 is 19.1 Å². The van der Waals surface area contributed by atoms with Crippen LogP contribution in [-0.2, 0) is 20.5 Å². The second-order valence-corrected chi connectivity index (χ2v) is 12.1. The van der Waals surface area contributed by atoms with Crippen LogP contribution in [0.1, 0.15) is 46.1 Å². The van der Waals surface area contributed by atoms with Gasteiger partial charge in [-0.15, -0.1) is 0 Å². The molecule has 0 spiro atoms. The zero-order chi connectivity index (χ0) is 28.3. The molecule has 2 aliphatic rings. The molecule has 2 fully saturated rings. The fourth-order valence-corrected chi connectivity index (χ4v) is 7.39. The Balaban J connectivity index is 1.29. The Morgan fingerprint density at radius 2 is 1.82 bits per heavy atom. The lowest BCUT2D eigenvalue weighted by Crippen LogP contribution is -2.32. The lowest BCUT2D eigenvalue weighted by molar-refractivity contribution is 0.0339. The number of benzene rings is 2. The van der Waals surface area contributed by atoms with E-state index in [-0.39, 0.29) is 23.8 Å². The highest BCUT2D eigenvalue weighted by molar-refractivity contribution is 7.88. The van der Waals surface area contributed by atoms with Gasteiger partial charge in [0.15, 0.2) is 0 Å². The van der Waals surface area contributed by atoms with E-state index in [2.05, 4.69) is 4.98 Å². The second kappa shape index (κ2) is 12.0. The van der Waals surface area contributed by atoms with Gasteiger partial charge in [0.25, 0.3) is 5.91 Å². The number of aromatic nitrogens is 1. The van der Waals surface area contributed by atoms with Crippen LogP contribution in [0.5, 0.6) is 11.5 Å². The number of aryl methyl sites for hydroxylation is 1. The molecule has 3 aromatic rings. The van der Waals surface area contributed by atoms with E-state index in [1.54, 1.807) is 60.0 Å². The lowest BCUT2D eigenvalue weighted by atomic mass is 10.1. The summed E-state index contributed by atoms with van der Waals surface area (Å²) in [5.41, 5.74) is 2.77. The first kappa shape index (κ1) is 28.1. The average Bonchev–Trinajstić information content (AvgIpc) is 3.61. The molecule has 212 valence electrons. The molecule has 1 amide bonds. The zero-order valence-electron chi connectivity index (χ0n) is 23.0. The number of amides is 1. The highest BCUT2D eigenvalue weighted by Gasteiger charge is 2.39. The van der Waals surface area contributed by atoms with Gasteiger partial charge in [0.05, 0.1) is 43.3 Å². The van der Waals surface area contributed by atoms with Gasteiger partial charge in [-0.25, -0.2) is 8.42 Å². The molecule has 2 saturated heterocycles. The van der Waals surface area contributed by atoms with Crippen LogP contribution in [0.15, 0.2) is 66.9 Å². The molecule has 0 bridgehead atoms. The Morgan fingerprint density at radius 3 is 2.58 bits per heavy atom. The van der Waals surface area contributed by atoms with E-state index in [0.29, 0.717) is 42.3 Å². The summed E-state index contributed by atoms with van der Waals surface area (Å²) in [5, 5.41) is 0. The van der Waals surface area contributed by atoms with Crippen LogP contribution < -0.4 is 9.47 Å². The van der Waals surface area contributed by atoms with E-state index < -0.39 is 16.1 Å². The Hall–Kier alpha value is -3.47. The molecule has 1 aromatic heterocycles. The minimum absolute atomic E-state index is 0.135. The minimum Gasteiger partial charge on any atom is -0.496 e. The number of nitrogens with zero attached hydrogens (tertiary/aromatic N) is 3. The monoisotopic (exact) mass is 565 g/mol. The third-order valence-corrected chi connectivity index (χ3v) is 9.45. The maximum absolute atomic E-state index is 13.5. The number of pyridine rings is 1. The van der Waals surface area contributed by atoms with Crippen LogP contribution in [0, 0.1) is 6.92 Å². The number of rotatable bonds is 9. The highest BCUT2D eigenvalue weighted by atomic mass is 32.2. The van der Waals surface area contributed by atoms with Crippen molar-refractivity contribution in [1.29, 1.82) is 0 Å². The molecule has 0 N–H and O–H groups in total. The first-order valence-electron chi connectivity index (χ1n) is 13.4. The number of hydrogen-bond donors (Lipinski definition) is 0. The van der Waals surface area contributed by atoms with Crippen LogP contribution in [0.2, 0.25) is 0 Å². The van der Waals surface area contributed by atoms with Gasteiger partial charge in [-0.2, -0.15) is 4.31 Å². The first-order valence-corrected chi connectivity index (χ1v) is 15.0. The Labute approximate surface area is 235 Å². The summed E-state index contributed by atoms with van der Waals surface area (Å²) < 4.78 is 45.9. The van der Waals surface area contributed by atoms with Crippen molar-refractivity contribution in [2.75, 3.05) is 33.9 Å². The van der Waals surface area contributed by atoms with Crippen LogP contribution in [0.3, 0.4) is 0 Å². The molecule has 0 aliphatic carbocycles. The van der Waals surface area contributed by atoms with E-state index >= 15 is 0 Å². The summed E-state index contributed by atoms with van der Waals surface area (Å²) in [7, 11) is -0.435. The number of sulfonamides is 1. The van der Waals surface area contributed by atoms with Gasteiger partial charge in [0, 0.05) is 19.9 Å². The number of hydrogen-bond acceptors (Lipinski definition) is 7. The fourth-order valence-electron chi connectivity index (χ4n) is 5.61. The van der Waals surface area contributed by atoms with Gasteiger partial charge in [0.1, 0.15) is 23.7 Å². The third-order valence-electron chi connectivity index (χ3n) is 7.60. The van der Waals surface area contributed by atoms with Crippen molar-refractivity contribution in [3.8, 4) is 11.5 Å². The Bertz CT molecular complexity index is 1450. The number of methoxy groups -OCH3 is 2. The van der Waals surface area contributed by atoms with Crippen molar-refractivity contribution in [3.05, 3.63) is 89.2 Å². The van der Waals surface area contributed by atoms with Crippen LogP contribution in [0.25, 0.3) is 0 Å². The highest BCUT2D eigenvalue weighted by Crippen LogP contribution is 2.34. The standard InChI is InChI=1S/C30H35N3O6S/c1-21-9-6-14-26(37-2)29(21)30(34)32-18-27(38-3)28(19-32)39-23-11-7-10-22(17-23)20-40(35,36)33-16-8-13-25(33)24-12-4-5-15-31-24/h4-7,9-12,14-15,17,25,27-28H,8,13,16,18-20H2,1-3H3. The van der Waals surface area contributed by atoms with E-state index in [1.165, 1.54) is 0 Å². The predicted octanol–water partition coefficient (Wildman–Crippen LogP) is 3.98. The van der Waals surface area contributed by atoms with Crippen molar-refractivity contribution >= 4 is 15.9 Å². The van der Waals surface area contributed by atoms with Crippen LogP contribution in [-0.4, -0.2) is 74.6 Å². The van der Waals surface area contributed by atoms with Crippen LogP contribution >= 0.6 is 0 Å². The normalized spacial score (nSPS) is 21.5. The Kier molecular flexibility index (Phi) is 8.39. The molecule has 9 nitrogen and oxygen atoms in total. The predicted molar refractivity (Wildman–Crippen MR) is 151 cm³/mol. The second-order valence-electron chi connectivity index (χ2n) is 10.2. The van der Waals surface area contributed by atoms with E-state index in [1.807, 2.05) is 37.3 Å². The number of carbonyl (C=O) groups excluding carboxylic acids is 1. The summed E-state index contributed by atoms with van der Waals surface area (Å²) in [6, 6.07) is 18.0. The van der Waals surface area contributed by atoms with Gasteiger partial charge in [-0.05, 0) is 61.2 Å². The molecule has 3 heterocycles. The molecule has 0 saturated carbocycles. The van der Waals surface area contributed by atoms with Crippen LogP contribution in [0.4, 0.5) is 0 Å². The largest absolute Gasteiger partial charge is 0.496 e. The zero-order valence-corrected chi connectivity index (χ0v) is 23.8. The summed E-state index contributed by atoms with van der Waals surface area (Å²) in [6.45, 7) is 3.06. The molecule has 40 heavy (non-hydrogen) atoms. The number of carbonyl (C=O) groups is 1. The SMILES string of the molecule is COc1cccc(C)c1C(=O)N1CC(OC)C(Oc2cccc(CS(=O)(=O)N3CCCC3c3ccccn3)c2)C1. The smallest absolute Gasteiger partial charge is 0.258 e. The molecule has 5 rings (SSSR count). The maximum Gasteiger partial charge on any atom is 0.258 e. The van der Waals surface area contributed by atoms with Gasteiger partial charge >= 0.3 is 0 Å². The quantitative estimate of drug-likeness (QED) is 0.387. The van der Waals surface area contributed by atoms with Crippen molar-refractivity contribution in [3.63, 3.8) is 0 Å². The fraction of sp³-hybridized carbons (Fsp3) is 0.400. The molecular formula is C30H35N3O6S. The molecule has 2 aliphatic heterocycles. The van der Waals surface area contributed by atoms with Gasteiger partial charge in [-0.3, -0.25) is 9.78 Å². The third kappa shape index (κ3) is 5.84. The number of likely N-dealkylation sites (tertiary alicyclic amines) is 1. The Morgan fingerprint density at radius 1 is 1.02 bits per heavy atom. The molecule has 0 radical (unpaired) electrons. The summed E-state index contributed by atoms with van der Waals surface area (Å²) in [4.78, 5) is 19.5. The average molecular weight is 566 g/mol. The lowest BCUT2D eigenvalue weighted by Gasteiger charge is -2.24. The van der Waals surface area contributed by atoms with Crippen molar-refractivity contribution in [2.45, 2.75) is 43.8 Å². The summed E-state index contributed by atoms with van der Waals surface area (Å²) >= 11 is 0. The van der Waals surface area contributed by atoms with E-state index in [0.717, 1.165) is 24.1 Å². The maximum atomic E-state index is 13.5. The van der Waals surface area contributed by atoms with E-state index in [4.69, 9.17) is 14.2 Å². The van der Waals surface area contributed by atoms with E-state index in [9.17, 15) is 13.2 Å². The summed E-state index contributed by atoms with van der Waals surface area (Å²) in [5.74, 6) is 0.783. The van der Waals surface area contributed by atoms with Gasteiger partial charge in [-0.1, -0.05) is 30.3 Å². The molecular weight excluding hydrogens is 530 g/mol. The molecule has 10 heteroatoms. The molecule has 3 unspecified atom stereocenters. The van der Waals surface area contributed by atoms with Gasteiger partial charge in [0.2, 0.25) is 10.0 Å². The minimum atomic E-state index is -3.58. The van der Waals surface area contributed by atoms with Crippen molar-refractivity contribution in [1.82, 2.24) is 14.2 Å².